The highest BCUT2D eigenvalue weighted by atomic mass is 32.1. The highest BCUT2D eigenvalue weighted by molar-refractivity contribution is 7.09. The molecule has 0 aromatic carbocycles. The predicted molar refractivity (Wildman–Crippen MR) is 84.3 cm³/mol. The standard InChI is InChI=1S/C15H26N2O3S/c1-6-20-10(2)14-17-11(9-21-14)7-13(19)16-8-12(18)15(3,4)5/h9-10,12,18H,6-8H2,1-5H3,(H,16,19). The summed E-state index contributed by atoms with van der Waals surface area (Å²) >= 11 is 1.50. The number of nitrogens with zero attached hydrogens (tertiary/aromatic N) is 1. The zero-order valence-electron chi connectivity index (χ0n) is 13.5. The molecule has 1 heterocycles. The van der Waals surface area contributed by atoms with Gasteiger partial charge in [-0.2, -0.15) is 0 Å². The maximum atomic E-state index is 11.9. The first-order valence-corrected chi connectivity index (χ1v) is 8.12. The maximum absolute atomic E-state index is 11.9. The van der Waals surface area contributed by atoms with Crippen LogP contribution in [0.5, 0.6) is 0 Å². The molecule has 0 aliphatic carbocycles. The van der Waals surface area contributed by atoms with E-state index in [0.717, 1.165) is 10.7 Å². The van der Waals surface area contributed by atoms with Gasteiger partial charge in [0.1, 0.15) is 11.1 Å². The third-order valence-corrected chi connectivity index (χ3v) is 4.22. The lowest BCUT2D eigenvalue weighted by Gasteiger charge is -2.25. The van der Waals surface area contributed by atoms with Crippen molar-refractivity contribution in [2.45, 2.75) is 53.2 Å². The number of amides is 1. The van der Waals surface area contributed by atoms with Gasteiger partial charge in [0.05, 0.1) is 18.2 Å². The molecular weight excluding hydrogens is 288 g/mol. The minimum absolute atomic E-state index is 0.0421. The van der Waals surface area contributed by atoms with Crippen LogP contribution in [-0.2, 0) is 16.0 Å². The topological polar surface area (TPSA) is 71.5 Å². The number of aromatic nitrogens is 1. The minimum atomic E-state index is -0.564. The van der Waals surface area contributed by atoms with Crippen LogP contribution in [0.1, 0.15) is 51.4 Å². The van der Waals surface area contributed by atoms with E-state index in [1.165, 1.54) is 11.3 Å². The monoisotopic (exact) mass is 314 g/mol. The van der Waals surface area contributed by atoms with E-state index >= 15 is 0 Å². The Labute approximate surface area is 130 Å². The third-order valence-electron chi connectivity index (χ3n) is 3.17. The Hall–Kier alpha value is -0.980. The van der Waals surface area contributed by atoms with Crippen molar-refractivity contribution in [3.05, 3.63) is 16.1 Å². The van der Waals surface area contributed by atoms with E-state index in [9.17, 15) is 9.90 Å². The molecule has 1 aromatic heterocycles. The molecule has 6 heteroatoms. The van der Waals surface area contributed by atoms with E-state index in [0.29, 0.717) is 6.61 Å². The Kier molecular flexibility index (Phi) is 6.77. The fourth-order valence-electron chi connectivity index (χ4n) is 1.66. The summed E-state index contributed by atoms with van der Waals surface area (Å²) in [5, 5.41) is 15.4. The second-order valence-electron chi connectivity index (χ2n) is 6.14. The second kappa shape index (κ2) is 7.87. The van der Waals surface area contributed by atoms with Crippen LogP contribution in [0, 0.1) is 5.41 Å². The lowest BCUT2D eigenvalue weighted by molar-refractivity contribution is -0.121. The summed E-state index contributed by atoms with van der Waals surface area (Å²) in [5.74, 6) is -0.126. The molecule has 0 radical (unpaired) electrons. The Balaban J connectivity index is 2.45. The summed E-state index contributed by atoms with van der Waals surface area (Å²) in [6.45, 7) is 10.6. The van der Waals surface area contributed by atoms with E-state index < -0.39 is 6.10 Å². The first-order chi connectivity index (χ1) is 9.74. The molecule has 2 N–H and O–H groups in total. The lowest BCUT2D eigenvalue weighted by Crippen LogP contribution is -2.39. The molecule has 1 rings (SSSR count). The summed E-state index contributed by atoms with van der Waals surface area (Å²) < 4.78 is 5.48. The van der Waals surface area contributed by atoms with Crippen molar-refractivity contribution in [2.75, 3.05) is 13.2 Å². The fraction of sp³-hybridized carbons (Fsp3) is 0.733. The van der Waals surface area contributed by atoms with Crippen molar-refractivity contribution in [3.8, 4) is 0 Å². The first-order valence-electron chi connectivity index (χ1n) is 7.24. The fourth-order valence-corrected chi connectivity index (χ4v) is 2.48. The van der Waals surface area contributed by atoms with Gasteiger partial charge in [0.25, 0.3) is 0 Å². The molecule has 0 fully saturated rings. The van der Waals surface area contributed by atoms with E-state index in [1.54, 1.807) is 0 Å². The molecule has 5 nitrogen and oxygen atoms in total. The molecule has 0 saturated carbocycles. The van der Waals surface area contributed by atoms with Crippen LogP contribution in [0.25, 0.3) is 0 Å². The van der Waals surface area contributed by atoms with E-state index in [2.05, 4.69) is 10.3 Å². The van der Waals surface area contributed by atoms with E-state index in [-0.39, 0.29) is 30.4 Å². The average Bonchev–Trinajstić information content (AvgIpc) is 2.83. The zero-order chi connectivity index (χ0) is 16.0. The molecular formula is C15H26N2O3S. The van der Waals surface area contributed by atoms with Gasteiger partial charge >= 0.3 is 0 Å². The van der Waals surface area contributed by atoms with Crippen LogP contribution in [0.2, 0.25) is 0 Å². The van der Waals surface area contributed by atoms with Crippen LogP contribution in [0.4, 0.5) is 0 Å². The molecule has 0 saturated heterocycles. The minimum Gasteiger partial charge on any atom is -0.391 e. The molecule has 1 aromatic rings. The number of aliphatic hydroxyl groups is 1. The molecule has 0 spiro atoms. The van der Waals surface area contributed by atoms with Gasteiger partial charge in [0.2, 0.25) is 5.91 Å². The number of carbonyl (C=O) groups excluding carboxylic acids is 1. The number of hydrogen-bond donors (Lipinski definition) is 2. The number of hydrogen-bond acceptors (Lipinski definition) is 5. The Morgan fingerprint density at radius 2 is 2.19 bits per heavy atom. The number of thiazole rings is 1. The summed E-state index contributed by atoms with van der Waals surface area (Å²) in [6.07, 6.45) is -0.378. The molecule has 1 amide bonds. The van der Waals surface area contributed by atoms with Crippen molar-refractivity contribution in [1.82, 2.24) is 10.3 Å². The van der Waals surface area contributed by atoms with Gasteiger partial charge in [-0.1, -0.05) is 20.8 Å². The van der Waals surface area contributed by atoms with Crippen LogP contribution in [0.3, 0.4) is 0 Å². The molecule has 2 atom stereocenters. The van der Waals surface area contributed by atoms with Crippen molar-refractivity contribution in [3.63, 3.8) is 0 Å². The van der Waals surface area contributed by atoms with Gasteiger partial charge in [-0.25, -0.2) is 4.98 Å². The molecule has 21 heavy (non-hydrogen) atoms. The van der Waals surface area contributed by atoms with Gasteiger partial charge in [-0.05, 0) is 19.3 Å². The van der Waals surface area contributed by atoms with Crippen LogP contribution in [-0.4, -0.2) is 35.3 Å². The number of aliphatic hydroxyl groups excluding tert-OH is 1. The number of ether oxygens (including phenoxy) is 1. The molecule has 0 aliphatic rings. The summed E-state index contributed by atoms with van der Waals surface area (Å²) in [4.78, 5) is 16.3. The van der Waals surface area contributed by atoms with E-state index in [4.69, 9.17) is 4.74 Å². The van der Waals surface area contributed by atoms with Gasteiger partial charge in [-0.3, -0.25) is 4.79 Å². The van der Waals surface area contributed by atoms with Gasteiger partial charge in [0.15, 0.2) is 0 Å². The average molecular weight is 314 g/mol. The molecule has 0 aliphatic heterocycles. The highest BCUT2D eigenvalue weighted by Crippen LogP contribution is 2.21. The quantitative estimate of drug-likeness (QED) is 0.810. The largest absolute Gasteiger partial charge is 0.391 e. The maximum Gasteiger partial charge on any atom is 0.226 e. The summed E-state index contributed by atoms with van der Waals surface area (Å²) in [5.41, 5.74) is 0.498. The molecule has 0 bridgehead atoms. The van der Waals surface area contributed by atoms with Crippen LogP contribution < -0.4 is 5.32 Å². The second-order valence-corrected chi connectivity index (χ2v) is 7.03. The van der Waals surface area contributed by atoms with Crippen LogP contribution >= 0.6 is 11.3 Å². The molecule has 2 unspecified atom stereocenters. The lowest BCUT2D eigenvalue weighted by atomic mass is 9.89. The smallest absolute Gasteiger partial charge is 0.226 e. The summed E-state index contributed by atoms with van der Waals surface area (Å²) in [6, 6.07) is 0. The van der Waals surface area contributed by atoms with Gasteiger partial charge in [-0.15, -0.1) is 11.3 Å². The van der Waals surface area contributed by atoms with Crippen LogP contribution in [0.15, 0.2) is 5.38 Å². The number of nitrogens with one attached hydrogen (secondary N) is 1. The molecule has 120 valence electrons. The Morgan fingerprint density at radius 1 is 1.52 bits per heavy atom. The predicted octanol–water partition coefficient (Wildman–Crippen LogP) is 2.31. The normalized spacial score (nSPS) is 14.8. The van der Waals surface area contributed by atoms with Crippen molar-refractivity contribution < 1.29 is 14.6 Å². The summed E-state index contributed by atoms with van der Waals surface area (Å²) in [7, 11) is 0. The van der Waals surface area contributed by atoms with Gasteiger partial charge < -0.3 is 15.2 Å². The van der Waals surface area contributed by atoms with E-state index in [1.807, 2.05) is 40.0 Å². The first kappa shape index (κ1) is 18.1. The highest BCUT2D eigenvalue weighted by Gasteiger charge is 2.22. The third kappa shape index (κ3) is 6.11. The number of rotatable bonds is 7. The number of carbonyl (C=O) groups is 1. The van der Waals surface area contributed by atoms with Crippen molar-refractivity contribution in [1.29, 1.82) is 0 Å². The van der Waals surface area contributed by atoms with Gasteiger partial charge in [0, 0.05) is 18.5 Å². The van der Waals surface area contributed by atoms with Crippen molar-refractivity contribution >= 4 is 17.2 Å². The Bertz CT molecular complexity index is 454. The van der Waals surface area contributed by atoms with Crippen molar-refractivity contribution in [2.24, 2.45) is 5.41 Å². The Morgan fingerprint density at radius 3 is 2.76 bits per heavy atom. The zero-order valence-corrected chi connectivity index (χ0v) is 14.3. The SMILES string of the molecule is CCOC(C)c1nc(CC(=O)NCC(O)C(C)(C)C)cs1.